The first-order valence-electron chi connectivity index (χ1n) is 5.03. The van der Waals surface area contributed by atoms with Gasteiger partial charge in [0.25, 0.3) is 0 Å². The molecule has 0 radical (unpaired) electrons. The topological polar surface area (TPSA) is 80.9 Å². The van der Waals surface area contributed by atoms with Crippen LogP contribution in [-0.4, -0.2) is 21.3 Å². The number of hydrogen-bond donors (Lipinski definition) is 2. The molecule has 15 heavy (non-hydrogen) atoms. The maximum Gasteiger partial charge on any atom is 0.230 e. The molecule has 1 amide bonds. The predicted molar refractivity (Wildman–Crippen MR) is 58.6 cm³/mol. The fraction of sp³-hybridized carbons (Fsp3) is 0.667. The summed E-state index contributed by atoms with van der Waals surface area (Å²) in [7, 11) is 0. The Balaban J connectivity index is 1.97. The van der Waals surface area contributed by atoms with E-state index in [9.17, 15) is 4.79 Å². The number of aromatic nitrogens is 2. The van der Waals surface area contributed by atoms with Crippen LogP contribution in [0.4, 0.5) is 5.13 Å². The third kappa shape index (κ3) is 2.32. The molecule has 5 nitrogen and oxygen atoms in total. The molecule has 0 aliphatic heterocycles. The molecule has 1 heterocycles. The molecule has 0 bridgehead atoms. The normalized spacial score (nSPS) is 25.5. The average molecular weight is 226 g/mol. The van der Waals surface area contributed by atoms with Crippen molar-refractivity contribution in [2.75, 3.05) is 5.32 Å². The van der Waals surface area contributed by atoms with E-state index in [1.807, 2.05) is 0 Å². The summed E-state index contributed by atoms with van der Waals surface area (Å²) in [6.07, 6.45) is 2.85. The molecule has 3 N–H and O–H groups in total. The minimum Gasteiger partial charge on any atom is -0.327 e. The maximum atomic E-state index is 11.8. The summed E-state index contributed by atoms with van der Waals surface area (Å²) in [6.45, 7) is 1.80. The van der Waals surface area contributed by atoms with Crippen molar-refractivity contribution in [2.24, 2.45) is 11.7 Å². The molecule has 2 atom stereocenters. The zero-order valence-electron chi connectivity index (χ0n) is 8.56. The average Bonchev–Trinajstić information content (AvgIpc) is 2.75. The number of carbonyl (C=O) groups excluding carboxylic acids is 1. The van der Waals surface area contributed by atoms with E-state index in [-0.39, 0.29) is 17.9 Å². The van der Waals surface area contributed by atoms with Gasteiger partial charge in [-0.3, -0.25) is 4.79 Å². The zero-order chi connectivity index (χ0) is 10.8. The smallest absolute Gasteiger partial charge is 0.230 e. The molecule has 2 unspecified atom stereocenters. The summed E-state index contributed by atoms with van der Waals surface area (Å²) < 4.78 is 4.00. The van der Waals surface area contributed by atoms with Crippen LogP contribution in [0.5, 0.6) is 0 Å². The van der Waals surface area contributed by atoms with Crippen molar-refractivity contribution < 1.29 is 4.79 Å². The molecule has 1 aromatic rings. The van der Waals surface area contributed by atoms with Crippen molar-refractivity contribution in [1.82, 2.24) is 9.36 Å². The van der Waals surface area contributed by atoms with E-state index in [0.717, 1.165) is 19.3 Å². The van der Waals surface area contributed by atoms with Crippen molar-refractivity contribution in [3.8, 4) is 0 Å². The van der Waals surface area contributed by atoms with E-state index in [2.05, 4.69) is 14.7 Å². The number of anilines is 1. The van der Waals surface area contributed by atoms with E-state index < -0.39 is 0 Å². The number of hydrogen-bond acceptors (Lipinski definition) is 5. The monoisotopic (exact) mass is 226 g/mol. The highest BCUT2D eigenvalue weighted by Gasteiger charge is 2.30. The van der Waals surface area contributed by atoms with E-state index >= 15 is 0 Å². The SMILES string of the molecule is Cc1nsc(NC(=O)C2CCCC2N)n1. The quantitative estimate of drug-likeness (QED) is 0.785. The predicted octanol–water partition coefficient (Wildman–Crippen LogP) is 0.912. The molecular formula is C9H14N4OS. The van der Waals surface area contributed by atoms with Gasteiger partial charge in [0.15, 0.2) is 0 Å². The van der Waals surface area contributed by atoms with Crippen LogP contribution in [0.2, 0.25) is 0 Å². The molecule has 6 heteroatoms. The van der Waals surface area contributed by atoms with Gasteiger partial charge >= 0.3 is 0 Å². The van der Waals surface area contributed by atoms with Gasteiger partial charge in [-0.15, -0.1) is 0 Å². The van der Waals surface area contributed by atoms with Crippen molar-refractivity contribution in [3.05, 3.63) is 5.82 Å². The summed E-state index contributed by atoms with van der Waals surface area (Å²) in [5.74, 6) is 0.608. The molecule has 0 spiro atoms. The number of rotatable bonds is 2. The first-order chi connectivity index (χ1) is 7.16. The highest BCUT2D eigenvalue weighted by molar-refractivity contribution is 7.09. The summed E-state index contributed by atoms with van der Waals surface area (Å²) >= 11 is 1.20. The van der Waals surface area contributed by atoms with Gasteiger partial charge in [-0.05, 0) is 19.8 Å². The molecule has 0 saturated heterocycles. The van der Waals surface area contributed by atoms with Crippen LogP contribution in [0.15, 0.2) is 0 Å². The van der Waals surface area contributed by atoms with Gasteiger partial charge in [0.1, 0.15) is 5.82 Å². The minimum atomic E-state index is -0.0609. The lowest BCUT2D eigenvalue weighted by molar-refractivity contribution is -0.120. The van der Waals surface area contributed by atoms with Crippen LogP contribution in [0.1, 0.15) is 25.1 Å². The Morgan fingerprint density at radius 2 is 2.40 bits per heavy atom. The highest BCUT2D eigenvalue weighted by Crippen LogP contribution is 2.25. The second kappa shape index (κ2) is 4.24. The lowest BCUT2D eigenvalue weighted by Gasteiger charge is -2.13. The van der Waals surface area contributed by atoms with Crippen LogP contribution in [0, 0.1) is 12.8 Å². The lowest BCUT2D eigenvalue weighted by Crippen LogP contribution is -2.34. The summed E-state index contributed by atoms with van der Waals surface area (Å²) in [5, 5.41) is 3.33. The molecule has 2 rings (SSSR count). The van der Waals surface area contributed by atoms with E-state index in [0.29, 0.717) is 11.0 Å². The van der Waals surface area contributed by atoms with Gasteiger partial charge in [0.2, 0.25) is 11.0 Å². The first-order valence-corrected chi connectivity index (χ1v) is 5.81. The van der Waals surface area contributed by atoms with Gasteiger partial charge < -0.3 is 11.1 Å². The molecule has 1 aromatic heterocycles. The van der Waals surface area contributed by atoms with Crippen molar-refractivity contribution in [3.63, 3.8) is 0 Å². The number of aryl methyl sites for hydroxylation is 1. The van der Waals surface area contributed by atoms with Gasteiger partial charge in [-0.1, -0.05) is 6.42 Å². The van der Waals surface area contributed by atoms with E-state index in [1.54, 1.807) is 6.92 Å². The highest BCUT2D eigenvalue weighted by atomic mass is 32.1. The van der Waals surface area contributed by atoms with Gasteiger partial charge in [-0.25, -0.2) is 4.98 Å². The summed E-state index contributed by atoms with van der Waals surface area (Å²) in [5.41, 5.74) is 5.85. The standard InChI is InChI=1S/C9H14N4OS/c1-5-11-9(15-13-5)12-8(14)6-3-2-4-7(6)10/h6-7H,2-4,10H2,1H3,(H,11,12,13,14). The number of amides is 1. The Kier molecular flexibility index (Phi) is 2.97. The fourth-order valence-electron chi connectivity index (χ4n) is 1.86. The lowest BCUT2D eigenvalue weighted by atomic mass is 10.0. The molecule has 1 fully saturated rings. The number of carbonyl (C=O) groups is 1. The summed E-state index contributed by atoms with van der Waals surface area (Å²) in [4.78, 5) is 15.9. The van der Waals surface area contributed by atoms with E-state index in [1.165, 1.54) is 11.5 Å². The number of nitrogens with one attached hydrogen (secondary N) is 1. The van der Waals surface area contributed by atoms with Crippen molar-refractivity contribution >= 4 is 22.6 Å². The van der Waals surface area contributed by atoms with Crippen LogP contribution < -0.4 is 11.1 Å². The van der Waals surface area contributed by atoms with Crippen LogP contribution in [0.3, 0.4) is 0 Å². The second-order valence-corrected chi connectivity index (χ2v) is 4.59. The van der Waals surface area contributed by atoms with Gasteiger partial charge in [-0.2, -0.15) is 4.37 Å². The zero-order valence-corrected chi connectivity index (χ0v) is 9.38. The largest absolute Gasteiger partial charge is 0.327 e. The third-order valence-corrected chi connectivity index (χ3v) is 3.39. The first kappa shape index (κ1) is 10.5. The minimum absolute atomic E-state index is 0.000909. The Morgan fingerprint density at radius 3 is 2.93 bits per heavy atom. The third-order valence-electron chi connectivity index (χ3n) is 2.66. The van der Waals surface area contributed by atoms with Crippen LogP contribution in [0.25, 0.3) is 0 Å². The molecule has 0 aromatic carbocycles. The maximum absolute atomic E-state index is 11.8. The second-order valence-electron chi connectivity index (χ2n) is 3.84. The van der Waals surface area contributed by atoms with Crippen LogP contribution >= 0.6 is 11.5 Å². The summed E-state index contributed by atoms with van der Waals surface area (Å²) in [6, 6.07) is -0.000909. The Labute approximate surface area is 92.3 Å². The van der Waals surface area contributed by atoms with Crippen molar-refractivity contribution in [2.45, 2.75) is 32.2 Å². The molecule has 1 aliphatic rings. The van der Waals surface area contributed by atoms with E-state index in [4.69, 9.17) is 5.73 Å². The number of nitrogens with two attached hydrogens (primary N) is 1. The van der Waals surface area contributed by atoms with Gasteiger partial charge in [0.05, 0.1) is 5.92 Å². The molecule has 1 saturated carbocycles. The number of nitrogens with zero attached hydrogens (tertiary/aromatic N) is 2. The molecular weight excluding hydrogens is 212 g/mol. The fourth-order valence-corrected chi connectivity index (χ4v) is 2.44. The Morgan fingerprint density at radius 1 is 1.60 bits per heavy atom. The molecule has 1 aliphatic carbocycles. The van der Waals surface area contributed by atoms with Crippen molar-refractivity contribution in [1.29, 1.82) is 0 Å². The Bertz CT molecular complexity index is 365. The van der Waals surface area contributed by atoms with Crippen LogP contribution in [-0.2, 0) is 4.79 Å². The molecule has 82 valence electrons. The van der Waals surface area contributed by atoms with Gasteiger partial charge in [0, 0.05) is 17.6 Å². The Hall–Kier alpha value is -1.01.